The molecule has 1 heterocycles. The molecule has 64 valence electrons. The fourth-order valence-electron chi connectivity index (χ4n) is 0.918. The van der Waals surface area contributed by atoms with Gasteiger partial charge in [-0.1, -0.05) is 13.8 Å². The van der Waals surface area contributed by atoms with E-state index in [1.54, 1.807) is 6.26 Å². The second-order valence-electron chi connectivity index (χ2n) is 3.30. The average Bonchev–Trinajstić information content (AvgIpc) is 2.15. The van der Waals surface area contributed by atoms with Crippen molar-refractivity contribution in [2.45, 2.75) is 33.0 Å². The van der Waals surface area contributed by atoms with Crippen LogP contribution in [0.4, 0.5) is 0 Å². The molecular weight excluding hydrogens is 140 g/mol. The normalized spacial score (nSPS) is 31.6. The van der Waals surface area contributed by atoms with Gasteiger partial charge in [0.25, 0.3) is 0 Å². The molecule has 2 heteroatoms. The Bertz CT molecular complexity index is 152. The third-order valence-electron chi connectivity index (χ3n) is 2.12. The summed E-state index contributed by atoms with van der Waals surface area (Å²) in [6.45, 7) is 6.93. The zero-order valence-corrected chi connectivity index (χ0v) is 7.46. The van der Waals surface area contributed by atoms with Gasteiger partial charge in [-0.15, -0.1) is 0 Å². The first kappa shape index (κ1) is 8.60. The highest BCUT2D eigenvalue weighted by molar-refractivity contribution is 4.81. The topological polar surface area (TPSA) is 18.5 Å². The predicted molar refractivity (Wildman–Crippen MR) is 44.0 cm³/mol. The summed E-state index contributed by atoms with van der Waals surface area (Å²) in [6.07, 6.45) is 4.68. The Morgan fingerprint density at radius 3 is 2.82 bits per heavy atom. The summed E-state index contributed by atoms with van der Waals surface area (Å²) in [5, 5.41) is 0. The van der Waals surface area contributed by atoms with Gasteiger partial charge in [0.05, 0.1) is 12.9 Å². The van der Waals surface area contributed by atoms with Crippen LogP contribution in [0.3, 0.4) is 0 Å². The molecule has 1 aliphatic rings. The van der Waals surface area contributed by atoms with Gasteiger partial charge in [-0.3, -0.25) is 0 Å². The lowest BCUT2D eigenvalue weighted by Gasteiger charge is -2.31. The van der Waals surface area contributed by atoms with E-state index in [9.17, 15) is 0 Å². The molecule has 0 amide bonds. The molecule has 0 fully saturated rings. The lowest BCUT2D eigenvalue weighted by molar-refractivity contribution is -0.215. The van der Waals surface area contributed by atoms with Crippen LogP contribution >= 0.6 is 0 Å². The Kier molecular flexibility index (Phi) is 2.55. The number of hydrogen-bond acceptors (Lipinski definition) is 2. The van der Waals surface area contributed by atoms with Crippen molar-refractivity contribution in [1.29, 1.82) is 0 Å². The SMILES string of the molecule is CC(C)C1(C)OC=CCCO1. The fourth-order valence-corrected chi connectivity index (χ4v) is 0.918. The van der Waals surface area contributed by atoms with E-state index < -0.39 is 5.79 Å². The molecule has 1 unspecified atom stereocenters. The van der Waals surface area contributed by atoms with Crippen molar-refractivity contribution in [3.05, 3.63) is 12.3 Å². The Hall–Kier alpha value is -0.500. The summed E-state index contributed by atoms with van der Waals surface area (Å²) in [6, 6.07) is 0. The molecule has 0 saturated carbocycles. The van der Waals surface area contributed by atoms with Gasteiger partial charge in [0.1, 0.15) is 0 Å². The molecule has 0 spiro atoms. The van der Waals surface area contributed by atoms with E-state index in [4.69, 9.17) is 9.47 Å². The van der Waals surface area contributed by atoms with Crippen molar-refractivity contribution in [2.24, 2.45) is 5.92 Å². The number of hydrogen-bond donors (Lipinski definition) is 0. The molecular formula is C9H16O2. The third kappa shape index (κ3) is 1.96. The van der Waals surface area contributed by atoms with Crippen molar-refractivity contribution >= 4 is 0 Å². The Morgan fingerprint density at radius 2 is 2.18 bits per heavy atom. The monoisotopic (exact) mass is 156 g/mol. The Labute approximate surface area is 68.2 Å². The highest BCUT2D eigenvalue weighted by Gasteiger charge is 2.30. The van der Waals surface area contributed by atoms with Gasteiger partial charge < -0.3 is 9.47 Å². The quantitative estimate of drug-likeness (QED) is 0.580. The molecule has 1 rings (SSSR count). The molecule has 0 aliphatic carbocycles. The van der Waals surface area contributed by atoms with E-state index in [1.807, 2.05) is 13.0 Å². The van der Waals surface area contributed by atoms with Crippen LogP contribution in [0.2, 0.25) is 0 Å². The first-order chi connectivity index (χ1) is 5.15. The maximum Gasteiger partial charge on any atom is 0.209 e. The first-order valence-electron chi connectivity index (χ1n) is 4.12. The van der Waals surface area contributed by atoms with Crippen LogP contribution in [0.5, 0.6) is 0 Å². The molecule has 0 aromatic carbocycles. The second-order valence-corrected chi connectivity index (χ2v) is 3.30. The molecule has 11 heavy (non-hydrogen) atoms. The van der Waals surface area contributed by atoms with Gasteiger partial charge in [-0.05, 0) is 12.5 Å². The molecule has 0 bridgehead atoms. The molecule has 0 aromatic heterocycles. The lowest BCUT2D eigenvalue weighted by atomic mass is 10.1. The standard InChI is InChI=1S/C9H16O2/c1-8(2)9(3)10-6-4-5-7-11-9/h4,6,8H,5,7H2,1-3H3. The van der Waals surface area contributed by atoms with Crippen LogP contribution in [-0.4, -0.2) is 12.4 Å². The van der Waals surface area contributed by atoms with Gasteiger partial charge in [0.2, 0.25) is 5.79 Å². The second kappa shape index (κ2) is 3.26. The zero-order valence-electron chi connectivity index (χ0n) is 7.46. The average molecular weight is 156 g/mol. The van der Waals surface area contributed by atoms with E-state index >= 15 is 0 Å². The van der Waals surface area contributed by atoms with Crippen LogP contribution in [0, 0.1) is 5.92 Å². The summed E-state index contributed by atoms with van der Waals surface area (Å²) < 4.78 is 11.0. The zero-order chi connectivity index (χ0) is 8.32. The van der Waals surface area contributed by atoms with Crippen LogP contribution in [0.15, 0.2) is 12.3 Å². The maximum atomic E-state index is 5.57. The molecule has 0 aromatic rings. The minimum Gasteiger partial charge on any atom is -0.470 e. The fraction of sp³-hybridized carbons (Fsp3) is 0.778. The summed E-state index contributed by atoms with van der Waals surface area (Å²) in [4.78, 5) is 0. The van der Waals surface area contributed by atoms with Gasteiger partial charge in [0, 0.05) is 12.8 Å². The van der Waals surface area contributed by atoms with Crippen LogP contribution in [0.25, 0.3) is 0 Å². The number of ether oxygens (including phenoxy) is 2. The van der Waals surface area contributed by atoms with Crippen LogP contribution in [-0.2, 0) is 9.47 Å². The number of rotatable bonds is 1. The first-order valence-corrected chi connectivity index (χ1v) is 4.12. The van der Waals surface area contributed by atoms with Crippen LogP contribution in [0.1, 0.15) is 27.2 Å². The summed E-state index contributed by atoms with van der Waals surface area (Å²) in [5.41, 5.74) is 0. The smallest absolute Gasteiger partial charge is 0.209 e. The highest BCUT2D eigenvalue weighted by Crippen LogP contribution is 2.25. The van der Waals surface area contributed by atoms with Crippen molar-refractivity contribution in [1.82, 2.24) is 0 Å². The Balaban J connectivity index is 2.60. The van der Waals surface area contributed by atoms with Crippen LogP contribution < -0.4 is 0 Å². The molecule has 1 atom stereocenters. The minimum atomic E-state index is -0.424. The maximum absolute atomic E-state index is 5.57. The third-order valence-corrected chi connectivity index (χ3v) is 2.12. The van der Waals surface area contributed by atoms with E-state index in [-0.39, 0.29) is 0 Å². The van der Waals surface area contributed by atoms with Gasteiger partial charge >= 0.3 is 0 Å². The van der Waals surface area contributed by atoms with Crippen molar-refractivity contribution < 1.29 is 9.47 Å². The lowest BCUT2D eigenvalue weighted by Crippen LogP contribution is -2.36. The summed E-state index contributed by atoms with van der Waals surface area (Å²) in [5.74, 6) is -0.0437. The van der Waals surface area contributed by atoms with Gasteiger partial charge in [-0.2, -0.15) is 0 Å². The summed E-state index contributed by atoms with van der Waals surface area (Å²) >= 11 is 0. The Morgan fingerprint density at radius 1 is 1.45 bits per heavy atom. The van der Waals surface area contributed by atoms with E-state index in [0.717, 1.165) is 13.0 Å². The summed E-state index contributed by atoms with van der Waals surface area (Å²) in [7, 11) is 0. The highest BCUT2D eigenvalue weighted by atomic mass is 16.7. The predicted octanol–water partition coefficient (Wildman–Crippen LogP) is 2.31. The largest absolute Gasteiger partial charge is 0.470 e. The minimum absolute atomic E-state index is 0.380. The van der Waals surface area contributed by atoms with E-state index in [2.05, 4.69) is 13.8 Å². The van der Waals surface area contributed by atoms with Crippen molar-refractivity contribution in [3.8, 4) is 0 Å². The molecule has 0 radical (unpaired) electrons. The molecule has 0 saturated heterocycles. The van der Waals surface area contributed by atoms with E-state index in [1.165, 1.54) is 0 Å². The molecule has 1 aliphatic heterocycles. The van der Waals surface area contributed by atoms with Crippen molar-refractivity contribution in [3.63, 3.8) is 0 Å². The van der Waals surface area contributed by atoms with Gasteiger partial charge in [0.15, 0.2) is 0 Å². The van der Waals surface area contributed by atoms with Gasteiger partial charge in [-0.25, -0.2) is 0 Å². The molecule has 0 N–H and O–H groups in total. The molecule has 2 nitrogen and oxygen atoms in total. The van der Waals surface area contributed by atoms with E-state index in [0.29, 0.717) is 5.92 Å². The van der Waals surface area contributed by atoms with Crippen molar-refractivity contribution in [2.75, 3.05) is 6.61 Å².